The van der Waals surface area contributed by atoms with Gasteiger partial charge >= 0.3 is 5.97 Å². The third-order valence-corrected chi connectivity index (χ3v) is 4.55. The van der Waals surface area contributed by atoms with Crippen molar-refractivity contribution in [3.05, 3.63) is 23.2 Å². The molecule has 0 aliphatic heterocycles. The van der Waals surface area contributed by atoms with Crippen molar-refractivity contribution >= 4 is 43.9 Å². The number of rotatable bonds is 3. The van der Waals surface area contributed by atoms with Crippen LogP contribution in [0, 0.1) is 0 Å². The highest BCUT2D eigenvalue weighted by Gasteiger charge is 2.21. The van der Waals surface area contributed by atoms with Crippen LogP contribution in [0.4, 0.5) is 5.88 Å². The Morgan fingerprint density at radius 3 is 3.11 bits per heavy atom. The molecule has 2 N–H and O–H groups in total. The Morgan fingerprint density at radius 2 is 2.37 bits per heavy atom. The normalized spacial score (nSPS) is 11.0. The number of nitrogens with two attached hydrogens (primary N) is 1. The van der Waals surface area contributed by atoms with Gasteiger partial charge in [0.2, 0.25) is 17.5 Å². The third kappa shape index (κ3) is 2.11. The van der Waals surface area contributed by atoms with E-state index in [2.05, 4.69) is 4.98 Å². The molecule has 3 aromatic heterocycles. The van der Waals surface area contributed by atoms with Crippen LogP contribution >= 0.6 is 22.7 Å². The number of nitrogen functional groups attached to an aromatic ring is 1. The van der Waals surface area contributed by atoms with E-state index >= 15 is 0 Å². The molecule has 19 heavy (non-hydrogen) atoms. The van der Waals surface area contributed by atoms with Gasteiger partial charge in [0, 0.05) is 9.40 Å². The number of anilines is 1. The van der Waals surface area contributed by atoms with Gasteiger partial charge in [-0.3, -0.25) is 0 Å². The first-order valence-electron chi connectivity index (χ1n) is 5.60. The van der Waals surface area contributed by atoms with Crippen molar-refractivity contribution in [1.82, 2.24) is 4.98 Å². The second-order valence-electron chi connectivity index (χ2n) is 3.71. The minimum Gasteiger partial charge on any atom is -0.461 e. The molecule has 0 fully saturated rings. The molecule has 0 amide bonds. The van der Waals surface area contributed by atoms with Crippen LogP contribution in [0.15, 0.2) is 21.9 Å². The number of fused-ring (bicyclic) bond motifs is 1. The minimum atomic E-state index is -0.562. The van der Waals surface area contributed by atoms with Gasteiger partial charge in [-0.2, -0.15) is 4.98 Å². The number of hydrogen-bond acceptors (Lipinski definition) is 7. The molecule has 5 nitrogen and oxygen atoms in total. The Balaban J connectivity index is 1.99. The number of nitrogens with zero attached hydrogens (tertiary/aromatic N) is 1. The largest absolute Gasteiger partial charge is 0.461 e. The highest BCUT2D eigenvalue weighted by Crippen LogP contribution is 2.36. The van der Waals surface area contributed by atoms with Crippen molar-refractivity contribution in [2.24, 2.45) is 0 Å². The SMILES string of the molecule is CCOC(=O)c1nc(-c2cc3sccc3s2)oc1N. The van der Waals surface area contributed by atoms with E-state index in [1.807, 2.05) is 17.5 Å². The number of carbonyl (C=O) groups excluding carboxylic acids is 1. The highest BCUT2D eigenvalue weighted by molar-refractivity contribution is 7.28. The van der Waals surface area contributed by atoms with Gasteiger partial charge in [-0.1, -0.05) is 0 Å². The van der Waals surface area contributed by atoms with Crippen LogP contribution < -0.4 is 5.73 Å². The van der Waals surface area contributed by atoms with Crippen molar-refractivity contribution < 1.29 is 13.9 Å². The van der Waals surface area contributed by atoms with Crippen LogP contribution in [0.5, 0.6) is 0 Å². The van der Waals surface area contributed by atoms with E-state index in [-0.39, 0.29) is 18.2 Å². The van der Waals surface area contributed by atoms with E-state index in [9.17, 15) is 4.79 Å². The summed E-state index contributed by atoms with van der Waals surface area (Å²) in [7, 11) is 0. The van der Waals surface area contributed by atoms with Crippen molar-refractivity contribution in [2.75, 3.05) is 12.3 Å². The molecule has 0 radical (unpaired) electrons. The molecule has 3 heterocycles. The smallest absolute Gasteiger partial charge is 0.362 e. The number of esters is 1. The fourth-order valence-electron chi connectivity index (χ4n) is 1.65. The topological polar surface area (TPSA) is 78.3 Å². The number of carbonyl (C=O) groups is 1. The third-order valence-electron chi connectivity index (χ3n) is 2.47. The second kappa shape index (κ2) is 4.67. The standard InChI is InChI=1S/C12H10N2O3S2/c1-2-16-12(15)9-10(13)17-11(14-9)8-5-7-6(19-8)3-4-18-7/h3-5H,2,13H2,1H3. The zero-order valence-electron chi connectivity index (χ0n) is 10.0. The van der Waals surface area contributed by atoms with E-state index in [1.54, 1.807) is 29.6 Å². The number of oxazole rings is 1. The fourth-order valence-corrected chi connectivity index (χ4v) is 3.69. The molecule has 0 aromatic carbocycles. The van der Waals surface area contributed by atoms with Crippen LogP contribution in [0.25, 0.3) is 20.2 Å². The Kier molecular flexibility index (Phi) is 3.00. The summed E-state index contributed by atoms with van der Waals surface area (Å²) in [6, 6.07) is 4.01. The fraction of sp³-hybridized carbons (Fsp3) is 0.167. The average Bonchev–Trinajstić information content (AvgIpc) is 3.01. The van der Waals surface area contributed by atoms with Gasteiger partial charge in [0.1, 0.15) is 0 Å². The van der Waals surface area contributed by atoms with Crippen LogP contribution in [0.3, 0.4) is 0 Å². The number of ether oxygens (including phenoxy) is 1. The highest BCUT2D eigenvalue weighted by atomic mass is 32.1. The maximum atomic E-state index is 11.6. The lowest BCUT2D eigenvalue weighted by Gasteiger charge is -1.96. The van der Waals surface area contributed by atoms with E-state index in [1.165, 1.54) is 0 Å². The predicted molar refractivity (Wildman–Crippen MR) is 75.6 cm³/mol. The van der Waals surface area contributed by atoms with Crippen LogP contribution in [-0.2, 0) is 4.74 Å². The summed E-state index contributed by atoms with van der Waals surface area (Å²) in [5, 5.41) is 2.03. The van der Waals surface area contributed by atoms with E-state index in [4.69, 9.17) is 14.9 Å². The molecule has 0 atom stereocenters. The van der Waals surface area contributed by atoms with Crippen LogP contribution in [0.1, 0.15) is 17.4 Å². The molecule has 0 aliphatic rings. The summed E-state index contributed by atoms with van der Waals surface area (Å²) in [5.74, 6) is -0.215. The van der Waals surface area contributed by atoms with Crippen LogP contribution in [-0.4, -0.2) is 17.6 Å². The van der Waals surface area contributed by atoms with Crippen molar-refractivity contribution in [2.45, 2.75) is 6.92 Å². The van der Waals surface area contributed by atoms with E-state index in [0.717, 1.165) is 14.3 Å². The molecule has 0 bridgehead atoms. The molecule has 0 saturated heterocycles. The summed E-state index contributed by atoms with van der Waals surface area (Å²) in [6.07, 6.45) is 0. The lowest BCUT2D eigenvalue weighted by molar-refractivity contribution is 0.0521. The lowest BCUT2D eigenvalue weighted by Crippen LogP contribution is -2.07. The summed E-state index contributed by atoms with van der Waals surface area (Å²) in [6.45, 7) is 2.00. The monoisotopic (exact) mass is 294 g/mol. The predicted octanol–water partition coefficient (Wildman–Crippen LogP) is 3.38. The Morgan fingerprint density at radius 1 is 1.53 bits per heavy atom. The van der Waals surface area contributed by atoms with Gasteiger partial charge in [-0.15, -0.1) is 22.7 Å². The number of hydrogen-bond donors (Lipinski definition) is 1. The Hall–Kier alpha value is -1.86. The van der Waals surface area contributed by atoms with Gasteiger partial charge in [0.05, 0.1) is 11.5 Å². The van der Waals surface area contributed by atoms with Gasteiger partial charge in [0.15, 0.2) is 0 Å². The molecular weight excluding hydrogens is 284 g/mol. The maximum Gasteiger partial charge on any atom is 0.362 e. The average molecular weight is 294 g/mol. The van der Waals surface area contributed by atoms with Gasteiger partial charge < -0.3 is 14.9 Å². The van der Waals surface area contributed by atoms with Crippen molar-refractivity contribution in [3.8, 4) is 10.8 Å². The zero-order chi connectivity index (χ0) is 13.4. The quantitative estimate of drug-likeness (QED) is 0.749. The van der Waals surface area contributed by atoms with E-state index < -0.39 is 5.97 Å². The molecule has 0 unspecified atom stereocenters. The van der Waals surface area contributed by atoms with Gasteiger partial charge in [-0.25, -0.2) is 4.79 Å². The summed E-state index contributed by atoms with van der Waals surface area (Å²) < 4.78 is 12.5. The van der Waals surface area contributed by atoms with Crippen molar-refractivity contribution in [1.29, 1.82) is 0 Å². The molecule has 0 aliphatic carbocycles. The Bertz CT molecular complexity index is 713. The molecular formula is C12H10N2O3S2. The molecule has 3 aromatic rings. The Labute approximate surface area is 116 Å². The molecule has 7 heteroatoms. The zero-order valence-corrected chi connectivity index (χ0v) is 11.6. The van der Waals surface area contributed by atoms with E-state index in [0.29, 0.717) is 5.89 Å². The summed E-state index contributed by atoms with van der Waals surface area (Å²) >= 11 is 3.20. The molecule has 98 valence electrons. The first-order chi connectivity index (χ1) is 9.19. The second-order valence-corrected chi connectivity index (χ2v) is 5.74. The summed E-state index contributed by atoms with van der Waals surface area (Å²) in [5.41, 5.74) is 5.69. The van der Waals surface area contributed by atoms with Crippen molar-refractivity contribution in [3.63, 3.8) is 0 Å². The first-order valence-corrected chi connectivity index (χ1v) is 7.29. The van der Waals surface area contributed by atoms with Gasteiger partial charge in [0.25, 0.3) is 0 Å². The number of thiophene rings is 2. The first kappa shape index (κ1) is 12.2. The molecule has 3 rings (SSSR count). The lowest BCUT2D eigenvalue weighted by atomic mass is 10.4. The van der Waals surface area contributed by atoms with Gasteiger partial charge in [-0.05, 0) is 24.4 Å². The number of aromatic nitrogens is 1. The minimum absolute atomic E-state index is 0.00907. The molecule has 0 spiro atoms. The molecule has 0 saturated carbocycles. The van der Waals surface area contributed by atoms with Crippen LogP contribution in [0.2, 0.25) is 0 Å². The maximum absolute atomic E-state index is 11.6. The summed E-state index contributed by atoms with van der Waals surface area (Å²) in [4.78, 5) is 16.6.